The lowest BCUT2D eigenvalue weighted by atomic mass is 9.95. The molecule has 0 aliphatic rings. The highest BCUT2D eigenvalue weighted by Crippen LogP contribution is 2.21. The molecular formula is C12H15F2NO4S. The molecule has 0 unspecified atom stereocenters. The zero-order valence-corrected chi connectivity index (χ0v) is 11.8. The van der Waals surface area contributed by atoms with Gasteiger partial charge in [-0.15, -0.1) is 0 Å². The molecule has 0 bridgehead atoms. The van der Waals surface area contributed by atoms with Crippen molar-refractivity contribution in [3.05, 3.63) is 29.8 Å². The second-order valence-electron chi connectivity index (χ2n) is 4.31. The maximum atomic E-state index is 13.1. The number of aliphatic carboxylic acids is 1. The number of carboxylic acids is 1. The Hall–Kier alpha value is -1.54. The van der Waals surface area contributed by atoms with Crippen LogP contribution in [0.1, 0.15) is 26.7 Å². The molecule has 0 atom stereocenters. The monoisotopic (exact) mass is 307 g/mol. The molecule has 20 heavy (non-hydrogen) atoms. The van der Waals surface area contributed by atoms with Gasteiger partial charge in [-0.3, -0.25) is 4.79 Å². The third-order valence-corrected chi connectivity index (χ3v) is 4.61. The van der Waals surface area contributed by atoms with Crippen molar-refractivity contribution in [3.8, 4) is 0 Å². The van der Waals surface area contributed by atoms with Gasteiger partial charge in [0.1, 0.15) is 17.2 Å². The van der Waals surface area contributed by atoms with Gasteiger partial charge < -0.3 is 5.11 Å². The van der Waals surface area contributed by atoms with Crippen molar-refractivity contribution in [2.75, 3.05) is 0 Å². The van der Waals surface area contributed by atoms with E-state index in [4.69, 9.17) is 5.11 Å². The summed E-state index contributed by atoms with van der Waals surface area (Å²) >= 11 is 0. The Morgan fingerprint density at radius 3 is 2.00 bits per heavy atom. The van der Waals surface area contributed by atoms with E-state index < -0.39 is 38.1 Å². The zero-order valence-electron chi connectivity index (χ0n) is 11.0. The summed E-state index contributed by atoms with van der Waals surface area (Å²) in [6.45, 7) is 3.01. The number of hydrogen-bond acceptors (Lipinski definition) is 3. The lowest BCUT2D eigenvalue weighted by molar-refractivity contribution is -0.144. The van der Waals surface area contributed by atoms with Crippen LogP contribution in [-0.4, -0.2) is 25.0 Å². The molecule has 5 nitrogen and oxygen atoms in total. The number of benzene rings is 1. The molecule has 0 radical (unpaired) electrons. The first-order valence-electron chi connectivity index (χ1n) is 5.90. The summed E-state index contributed by atoms with van der Waals surface area (Å²) in [4.78, 5) is 10.6. The molecule has 0 saturated heterocycles. The maximum absolute atomic E-state index is 13.1. The SMILES string of the molecule is CCC(CC)(NS(=O)(=O)c1cc(F)cc(F)c1)C(=O)O. The third-order valence-electron chi connectivity index (χ3n) is 3.09. The summed E-state index contributed by atoms with van der Waals surface area (Å²) in [5, 5.41) is 9.17. The van der Waals surface area contributed by atoms with Crippen LogP contribution >= 0.6 is 0 Å². The van der Waals surface area contributed by atoms with Gasteiger partial charge >= 0.3 is 5.97 Å². The number of carboxylic acid groups (broad SMARTS) is 1. The second-order valence-corrected chi connectivity index (χ2v) is 5.99. The number of hydrogen-bond donors (Lipinski definition) is 2. The number of nitrogens with one attached hydrogen (secondary N) is 1. The first-order valence-corrected chi connectivity index (χ1v) is 7.38. The normalized spacial score (nSPS) is 12.4. The molecule has 0 aromatic heterocycles. The number of rotatable bonds is 6. The summed E-state index contributed by atoms with van der Waals surface area (Å²) in [7, 11) is -4.34. The van der Waals surface area contributed by atoms with Crippen molar-refractivity contribution in [3.63, 3.8) is 0 Å². The van der Waals surface area contributed by atoms with E-state index in [9.17, 15) is 22.0 Å². The van der Waals surface area contributed by atoms with E-state index in [1.807, 2.05) is 4.72 Å². The molecule has 0 amide bonds. The van der Waals surface area contributed by atoms with Crippen LogP contribution in [0.5, 0.6) is 0 Å². The van der Waals surface area contributed by atoms with Gasteiger partial charge in [0.05, 0.1) is 4.90 Å². The summed E-state index contributed by atoms with van der Waals surface area (Å²) in [5.41, 5.74) is -1.71. The van der Waals surface area contributed by atoms with Gasteiger partial charge in [0, 0.05) is 6.07 Å². The molecule has 1 aromatic rings. The van der Waals surface area contributed by atoms with Gasteiger partial charge in [-0.1, -0.05) is 13.8 Å². The van der Waals surface area contributed by atoms with Crippen LogP contribution in [0.2, 0.25) is 0 Å². The quantitative estimate of drug-likeness (QED) is 0.840. The lowest BCUT2D eigenvalue weighted by Crippen LogP contribution is -2.53. The van der Waals surface area contributed by atoms with E-state index in [0.717, 1.165) is 0 Å². The molecule has 0 spiro atoms. The molecule has 1 rings (SSSR count). The Morgan fingerprint density at radius 2 is 1.65 bits per heavy atom. The minimum atomic E-state index is -4.34. The Kier molecular flexibility index (Phi) is 4.82. The van der Waals surface area contributed by atoms with Crippen LogP contribution in [-0.2, 0) is 14.8 Å². The van der Waals surface area contributed by atoms with Crippen LogP contribution in [0.3, 0.4) is 0 Å². The Balaban J connectivity index is 3.26. The smallest absolute Gasteiger partial charge is 0.324 e. The zero-order chi connectivity index (χ0) is 15.6. The highest BCUT2D eigenvalue weighted by Gasteiger charge is 2.39. The van der Waals surface area contributed by atoms with E-state index in [1.54, 1.807) is 0 Å². The molecule has 8 heteroatoms. The van der Waals surface area contributed by atoms with Gasteiger partial charge in [0.25, 0.3) is 0 Å². The fourth-order valence-electron chi connectivity index (χ4n) is 1.74. The first kappa shape index (κ1) is 16.5. The topological polar surface area (TPSA) is 83.5 Å². The van der Waals surface area contributed by atoms with E-state index in [0.29, 0.717) is 18.2 Å². The standard InChI is InChI=1S/C12H15F2NO4S/c1-3-12(4-2,11(16)17)15-20(18,19)10-6-8(13)5-9(14)7-10/h5-7,15H,3-4H2,1-2H3,(H,16,17). The van der Waals surface area contributed by atoms with Crippen LogP contribution in [0.25, 0.3) is 0 Å². The molecule has 2 N–H and O–H groups in total. The summed E-state index contributed by atoms with van der Waals surface area (Å²) in [6.07, 6.45) is -0.00821. The Morgan fingerprint density at radius 1 is 1.20 bits per heavy atom. The molecule has 0 aliphatic heterocycles. The molecule has 0 saturated carbocycles. The maximum Gasteiger partial charge on any atom is 0.324 e. The van der Waals surface area contributed by atoms with Gasteiger partial charge in [-0.25, -0.2) is 17.2 Å². The molecular weight excluding hydrogens is 292 g/mol. The highest BCUT2D eigenvalue weighted by molar-refractivity contribution is 7.89. The summed E-state index contributed by atoms with van der Waals surface area (Å²) < 4.78 is 52.3. The summed E-state index contributed by atoms with van der Waals surface area (Å²) in [6, 6.07) is 1.79. The number of sulfonamides is 1. The fraction of sp³-hybridized carbons (Fsp3) is 0.417. The first-order chi connectivity index (χ1) is 9.16. The molecule has 0 fully saturated rings. The largest absolute Gasteiger partial charge is 0.480 e. The third kappa shape index (κ3) is 3.31. The minimum absolute atomic E-state index is 0.00411. The van der Waals surface area contributed by atoms with Crippen LogP contribution in [0.4, 0.5) is 8.78 Å². The van der Waals surface area contributed by atoms with Crippen molar-refractivity contribution < 1.29 is 27.1 Å². The number of halogens is 2. The van der Waals surface area contributed by atoms with E-state index >= 15 is 0 Å². The molecule has 1 aromatic carbocycles. The second kappa shape index (κ2) is 5.84. The molecule has 0 heterocycles. The lowest BCUT2D eigenvalue weighted by Gasteiger charge is -2.27. The van der Waals surface area contributed by atoms with E-state index in [-0.39, 0.29) is 12.8 Å². The van der Waals surface area contributed by atoms with E-state index in [1.165, 1.54) is 13.8 Å². The Labute approximate surface area is 115 Å². The van der Waals surface area contributed by atoms with Crippen molar-refractivity contribution in [2.45, 2.75) is 37.1 Å². The average molecular weight is 307 g/mol. The fourth-order valence-corrected chi connectivity index (χ4v) is 3.28. The van der Waals surface area contributed by atoms with Gasteiger partial charge in [-0.2, -0.15) is 4.72 Å². The van der Waals surface area contributed by atoms with Crippen LogP contribution in [0.15, 0.2) is 23.1 Å². The highest BCUT2D eigenvalue weighted by atomic mass is 32.2. The molecule has 112 valence electrons. The predicted octanol–water partition coefficient (Wildman–Crippen LogP) is 1.89. The van der Waals surface area contributed by atoms with Crippen LogP contribution in [0, 0.1) is 11.6 Å². The van der Waals surface area contributed by atoms with Crippen molar-refractivity contribution in [1.29, 1.82) is 0 Å². The minimum Gasteiger partial charge on any atom is -0.480 e. The number of carbonyl (C=O) groups is 1. The Bertz CT molecular complexity index is 592. The van der Waals surface area contributed by atoms with Crippen molar-refractivity contribution >= 4 is 16.0 Å². The van der Waals surface area contributed by atoms with Crippen molar-refractivity contribution in [1.82, 2.24) is 4.72 Å². The summed E-state index contributed by atoms with van der Waals surface area (Å²) in [5.74, 6) is -3.46. The molecule has 0 aliphatic carbocycles. The van der Waals surface area contributed by atoms with Crippen molar-refractivity contribution in [2.24, 2.45) is 0 Å². The van der Waals surface area contributed by atoms with Crippen LogP contribution < -0.4 is 4.72 Å². The van der Waals surface area contributed by atoms with Gasteiger partial charge in [0.15, 0.2) is 0 Å². The van der Waals surface area contributed by atoms with Gasteiger partial charge in [0.2, 0.25) is 10.0 Å². The predicted molar refractivity (Wildman–Crippen MR) is 67.6 cm³/mol. The van der Waals surface area contributed by atoms with Gasteiger partial charge in [-0.05, 0) is 25.0 Å². The average Bonchev–Trinajstić information content (AvgIpc) is 2.34. The van der Waals surface area contributed by atoms with E-state index in [2.05, 4.69) is 0 Å².